The van der Waals surface area contributed by atoms with Gasteiger partial charge in [0, 0.05) is 24.8 Å². The minimum atomic E-state index is -0.835. The number of thioether (sulfide) groups is 1. The summed E-state index contributed by atoms with van der Waals surface area (Å²) >= 11 is 1.48. The van der Waals surface area contributed by atoms with E-state index in [9.17, 15) is 14.4 Å². The summed E-state index contributed by atoms with van der Waals surface area (Å²) in [7, 11) is 0. The monoisotopic (exact) mass is 322 g/mol. The zero-order valence-corrected chi connectivity index (χ0v) is 13.2. The Morgan fingerprint density at radius 2 is 2.09 bits per heavy atom. The van der Waals surface area contributed by atoms with Crippen LogP contribution in [0.25, 0.3) is 0 Å². The number of hydrogen-bond acceptors (Lipinski definition) is 6. The maximum absolute atomic E-state index is 12.1. The molecule has 0 aromatic carbocycles. The lowest BCUT2D eigenvalue weighted by Gasteiger charge is -2.24. The fraction of sp³-hybridized carbons (Fsp3) is 0.467. The lowest BCUT2D eigenvalue weighted by molar-refractivity contribution is -0.158. The Morgan fingerprint density at radius 3 is 2.68 bits per heavy atom. The zero-order chi connectivity index (χ0) is 15.9. The lowest BCUT2D eigenvalue weighted by atomic mass is 10.2. The van der Waals surface area contributed by atoms with Crippen LogP contribution < -0.4 is 0 Å². The predicted octanol–water partition coefficient (Wildman–Crippen LogP) is 1.64. The lowest BCUT2D eigenvalue weighted by Crippen LogP contribution is -2.45. The van der Waals surface area contributed by atoms with E-state index < -0.39 is 12.0 Å². The van der Waals surface area contributed by atoms with Gasteiger partial charge in [0.1, 0.15) is 6.04 Å². The van der Waals surface area contributed by atoms with Gasteiger partial charge >= 0.3 is 5.97 Å². The molecule has 0 saturated carbocycles. The van der Waals surface area contributed by atoms with Crippen LogP contribution >= 0.6 is 11.8 Å². The Kier molecular flexibility index (Phi) is 5.94. The highest BCUT2D eigenvalue weighted by Gasteiger charge is 2.39. The number of ether oxygens (including phenoxy) is 1. The molecule has 6 nitrogen and oxygen atoms in total. The van der Waals surface area contributed by atoms with Crippen LogP contribution in [0, 0.1) is 0 Å². The number of nitrogens with zero attached hydrogens (tertiary/aromatic N) is 2. The second kappa shape index (κ2) is 7.93. The second-order valence-electron chi connectivity index (χ2n) is 4.73. The molecule has 2 heterocycles. The molecule has 0 spiro atoms. The Labute approximate surface area is 133 Å². The first-order chi connectivity index (χ1) is 10.6. The third kappa shape index (κ3) is 4.07. The van der Waals surface area contributed by atoms with Crippen LogP contribution in [0.15, 0.2) is 29.4 Å². The van der Waals surface area contributed by atoms with Gasteiger partial charge in [-0.25, -0.2) is 9.78 Å². The van der Waals surface area contributed by atoms with Crippen LogP contribution in [-0.2, 0) is 19.1 Å². The Hall–Kier alpha value is -1.89. The van der Waals surface area contributed by atoms with Gasteiger partial charge in [-0.3, -0.25) is 14.5 Å². The molecular formula is C15H18N2O4S. The van der Waals surface area contributed by atoms with Gasteiger partial charge in [0.05, 0.1) is 11.6 Å². The molecule has 2 rings (SSSR count). The largest absolute Gasteiger partial charge is 0.464 e. The molecule has 1 aromatic heterocycles. The fourth-order valence-electron chi connectivity index (χ4n) is 2.24. The van der Waals surface area contributed by atoms with E-state index in [1.54, 1.807) is 13.1 Å². The van der Waals surface area contributed by atoms with E-state index in [2.05, 4.69) is 4.98 Å². The van der Waals surface area contributed by atoms with Crippen molar-refractivity contribution in [2.24, 2.45) is 0 Å². The van der Waals surface area contributed by atoms with Gasteiger partial charge in [0.25, 0.3) is 0 Å². The first-order valence-corrected chi connectivity index (χ1v) is 8.17. The van der Waals surface area contributed by atoms with E-state index in [0.717, 1.165) is 9.93 Å². The molecule has 0 aliphatic carbocycles. The maximum Gasteiger partial charge on any atom is 0.329 e. The summed E-state index contributed by atoms with van der Waals surface area (Å²) in [6.45, 7) is 1.92. The van der Waals surface area contributed by atoms with Crippen LogP contribution in [0.3, 0.4) is 0 Å². The molecule has 22 heavy (non-hydrogen) atoms. The maximum atomic E-state index is 12.1. The number of carbonyl (C=O) groups is 3. The number of likely N-dealkylation sites (tertiary alicyclic amines) is 1. The highest BCUT2D eigenvalue weighted by Crippen LogP contribution is 2.22. The van der Waals surface area contributed by atoms with Crippen molar-refractivity contribution >= 4 is 29.5 Å². The Bertz CT molecular complexity index is 534. The molecule has 0 bridgehead atoms. The standard InChI is InChI=1S/C15H18N2O4S/c1-2-21-15(20)11(17-13(18)6-7-14(17)19)8-10-22-12-5-3-4-9-16-12/h3-5,9,11H,2,6-8,10H2,1H3. The number of esters is 1. The SMILES string of the molecule is CCOC(=O)C(CCSc1ccccn1)N1C(=O)CCC1=O. The van der Waals surface area contributed by atoms with E-state index >= 15 is 0 Å². The number of rotatable bonds is 7. The minimum Gasteiger partial charge on any atom is -0.464 e. The fourth-order valence-corrected chi connectivity index (χ4v) is 3.10. The van der Waals surface area contributed by atoms with E-state index in [4.69, 9.17) is 4.74 Å². The average Bonchev–Trinajstić information content (AvgIpc) is 2.84. The molecule has 1 atom stereocenters. The second-order valence-corrected chi connectivity index (χ2v) is 5.85. The number of pyridine rings is 1. The van der Waals surface area contributed by atoms with Gasteiger partial charge in [-0.2, -0.15) is 0 Å². The van der Waals surface area contributed by atoms with Crippen molar-refractivity contribution in [1.29, 1.82) is 0 Å². The van der Waals surface area contributed by atoms with Crippen molar-refractivity contribution in [3.63, 3.8) is 0 Å². The number of hydrogen-bond donors (Lipinski definition) is 0. The average molecular weight is 322 g/mol. The molecule has 0 radical (unpaired) electrons. The van der Waals surface area contributed by atoms with Gasteiger partial charge in [-0.15, -0.1) is 11.8 Å². The summed E-state index contributed by atoms with van der Waals surface area (Å²) in [6, 6.07) is 4.74. The topological polar surface area (TPSA) is 76.6 Å². The van der Waals surface area contributed by atoms with E-state index in [-0.39, 0.29) is 31.3 Å². The molecule has 1 fully saturated rings. The van der Waals surface area contributed by atoms with Crippen LogP contribution in [0.1, 0.15) is 26.2 Å². The normalized spacial score (nSPS) is 16.0. The van der Waals surface area contributed by atoms with Crippen molar-refractivity contribution in [3.8, 4) is 0 Å². The van der Waals surface area contributed by atoms with Gasteiger partial charge in [-0.05, 0) is 25.5 Å². The molecule has 1 aromatic rings. The van der Waals surface area contributed by atoms with Crippen molar-refractivity contribution in [2.45, 2.75) is 37.3 Å². The smallest absolute Gasteiger partial charge is 0.329 e. The number of carbonyl (C=O) groups excluding carboxylic acids is 3. The Morgan fingerprint density at radius 1 is 1.36 bits per heavy atom. The highest BCUT2D eigenvalue weighted by molar-refractivity contribution is 7.99. The van der Waals surface area contributed by atoms with E-state index in [0.29, 0.717) is 12.2 Å². The number of imide groups is 1. The first kappa shape index (κ1) is 16.5. The van der Waals surface area contributed by atoms with Gasteiger partial charge in [0.15, 0.2) is 0 Å². The highest BCUT2D eigenvalue weighted by atomic mass is 32.2. The zero-order valence-electron chi connectivity index (χ0n) is 12.4. The molecule has 1 aliphatic heterocycles. The van der Waals surface area contributed by atoms with E-state index in [1.165, 1.54) is 11.8 Å². The van der Waals surface area contributed by atoms with Gasteiger partial charge in [0.2, 0.25) is 11.8 Å². The van der Waals surface area contributed by atoms with Crippen LogP contribution in [-0.4, -0.2) is 46.1 Å². The van der Waals surface area contributed by atoms with Crippen LogP contribution in [0.4, 0.5) is 0 Å². The van der Waals surface area contributed by atoms with Crippen molar-refractivity contribution in [3.05, 3.63) is 24.4 Å². The molecule has 118 valence electrons. The summed E-state index contributed by atoms with van der Waals surface area (Å²) < 4.78 is 5.01. The summed E-state index contributed by atoms with van der Waals surface area (Å²) in [5.41, 5.74) is 0. The molecule has 1 aliphatic rings. The van der Waals surface area contributed by atoms with Gasteiger partial charge in [-0.1, -0.05) is 6.07 Å². The first-order valence-electron chi connectivity index (χ1n) is 7.19. The third-order valence-electron chi connectivity index (χ3n) is 3.24. The predicted molar refractivity (Wildman–Crippen MR) is 81.1 cm³/mol. The molecule has 7 heteroatoms. The number of amides is 2. The summed E-state index contributed by atoms with van der Waals surface area (Å²) in [4.78, 5) is 41.0. The summed E-state index contributed by atoms with van der Waals surface area (Å²) in [5.74, 6) is -0.554. The van der Waals surface area contributed by atoms with Crippen molar-refractivity contribution < 1.29 is 19.1 Å². The molecule has 1 unspecified atom stereocenters. The van der Waals surface area contributed by atoms with Crippen LogP contribution in [0.2, 0.25) is 0 Å². The van der Waals surface area contributed by atoms with Crippen molar-refractivity contribution in [2.75, 3.05) is 12.4 Å². The third-order valence-corrected chi connectivity index (χ3v) is 4.22. The number of aromatic nitrogens is 1. The summed E-state index contributed by atoms with van der Waals surface area (Å²) in [6.07, 6.45) is 2.39. The minimum absolute atomic E-state index is 0.169. The quantitative estimate of drug-likeness (QED) is 0.431. The van der Waals surface area contributed by atoms with Gasteiger partial charge < -0.3 is 4.74 Å². The summed E-state index contributed by atoms with van der Waals surface area (Å²) in [5, 5.41) is 0.837. The Balaban J connectivity index is 2.00. The molecular weight excluding hydrogens is 304 g/mol. The molecule has 2 amide bonds. The molecule has 1 saturated heterocycles. The van der Waals surface area contributed by atoms with E-state index in [1.807, 2.05) is 18.2 Å². The van der Waals surface area contributed by atoms with Crippen LogP contribution in [0.5, 0.6) is 0 Å². The molecule has 0 N–H and O–H groups in total. The van der Waals surface area contributed by atoms with Crippen molar-refractivity contribution in [1.82, 2.24) is 9.88 Å².